The molecule has 0 fully saturated rings. The largest absolute Gasteiger partial charge is 1.00 e. The first-order valence-corrected chi connectivity index (χ1v) is 4.39. The number of rotatable bonds is 2. The molecule has 1 aromatic rings. The van der Waals surface area contributed by atoms with E-state index < -0.39 is 11.6 Å². The Morgan fingerprint density at radius 1 is 1.27 bits per heavy atom. The fraction of sp³-hybridized carbons (Fsp3) is 0.364. The van der Waals surface area contributed by atoms with E-state index in [2.05, 4.69) is 0 Å². The van der Waals surface area contributed by atoms with Crippen molar-refractivity contribution in [3.63, 3.8) is 0 Å². The van der Waals surface area contributed by atoms with Gasteiger partial charge in [0.25, 0.3) is 0 Å². The van der Waals surface area contributed by atoms with Gasteiger partial charge >= 0.3 is 18.9 Å². The van der Waals surface area contributed by atoms with Gasteiger partial charge in [-0.3, -0.25) is 0 Å². The molecule has 0 atom stereocenters. The standard InChI is InChI=1S/C11H14O3.Li/c1-11(2,3)14-9-7-5-4-6-8(9)10(12)13;/h4-7H,1-3H3,(H,12,13);/q;+1/p-1. The summed E-state index contributed by atoms with van der Waals surface area (Å²) < 4.78 is 5.47. The smallest absolute Gasteiger partial charge is 0.545 e. The zero-order valence-corrected chi connectivity index (χ0v) is 9.53. The summed E-state index contributed by atoms with van der Waals surface area (Å²) >= 11 is 0. The van der Waals surface area contributed by atoms with Crippen LogP contribution >= 0.6 is 0 Å². The van der Waals surface area contributed by atoms with E-state index in [-0.39, 0.29) is 24.4 Å². The van der Waals surface area contributed by atoms with E-state index >= 15 is 0 Å². The molecule has 76 valence electrons. The first kappa shape index (κ1) is 14.1. The Morgan fingerprint density at radius 2 is 1.80 bits per heavy atom. The number of hydrogen-bond acceptors (Lipinski definition) is 3. The van der Waals surface area contributed by atoms with Crippen molar-refractivity contribution in [1.82, 2.24) is 0 Å². The van der Waals surface area contributed by atoms with Crippen LogP contribution in [0.1, 0.15) is 31.1 Å². The normalized spacial score (nSPS) is 10.3. The minimum atomic E-state index is -1.22. The molecule has 0 radical (unpaired) electrons. The number of aromatic carboxylic acids is 1. The molecule has 15 heavy (non-hydrogen) atoms. The number of carboxylic acid groups (broad SMARTS) is 1. The van der Waals surface area contributed by atoms with Gasteiger partial charge in [-0.15, -0.1) is 0 Å². The van der Waals surface area contributed by atoms with Gasteiger partial charge < -0.3 is 14.6 Å². The van der Waals surface area contributed by atoms with Gasteiger partial charge in [0.05, 0.1) is 5.97 Å². The van der Waals surface area contributed by atoms with Crippen molar-refractivity contribution < 1.29 is 33.5 Å². The average molecular weight is 200 g/mol. The molecule has 0 aromatic heterocycles. The summed E-state index contributed by atoms with van der Waals surface area (Å²) in [6, 6.07) is 6.46. The summed E-state index contributed by atoms with van der Waals surface area (Å²) in [5.74, 6) is -0.871. The Morgan fingerprint density at radius 3 is 2.27 bits per heavy atom. The van der Waals surface area contributed by atoms with Gasteiger partial charge in [-0.1, -0.05) is 12.1 Å². The van der Waals surface area contributed by atoms with Gasteiger partial charge in [0.1, 0.15) is 11.4 Å². The average Bonchev–Trinajstić information content (AvgIpc) is 2.01. The van der Waals surface area contributed by atoms with Crippen molar-refractivity contribution in [2.45, 2.75) is 26.4 Å². The Balaban J connectivity index is 0.00000196. The fourth-order valence-electron chi connectivity index (χ4n) is 1.05. The predicted octanol–water partition coefficient (Wildman–Crippen LogP) is -1.77. The van der Waals surface area contributed by atoms with Gasteiger partial charge in [-0.2, -0.15) is 0 Å². The number of hydrogen-bond donors (Lipinski definition) is 0. The third kappa shape index (κ3) is 4.42. The molecule has 0 saturated carbocycles. The zero-order valence-electron chi connectivity index (χ0n) is 9.53. The Hall–Kier alpha value is -0.913. The maximum atomic E-state index is 10.7. The van der Waals surface area contributed by atoms with E-state index in [9.17, 15) is 9.90 Å². The van der Waals surface area contributed by atoms with Gasteiger partial charge in [-0.05, 0) is 32.9 Å². The third-order valence-corrected chi connectivity index (χ3v) is 1.52. The Bertz CT molecular complexity index is 342. The molecule has 0 N–H and O–H groups in total. The van der Waals surface area contributed by atoms with E-state index in [1.165, 1.54) is 6.07 Å². The molecule has 0 unspecified atom stereocenters. The van der Waals surface area contributed by atoms with Crippen LogP contribution in [0.2, 0.25) is 0 Å². The van der Waals surface area contributed by atoms with Crippen LogP contribution in [0.3, 0.4) is 0 Å². The number of carbonyl (C=O) groups is 1. The second-order valence-electron chi connectivity index (χ2n) is 4.00. The predicted molar refractivity (Wildman–Crippen MR) is 51.2 cm³/mol. The maximum absolute atomic E-state index is 10.7. The van der Waals surface area contributed by atoms with Crippen molar-refractivity contribution in [2.75, 3.05) is 0 Å². The molecule has 3 nitrogen and oxygen atoms in total. The van der Waals surface area contributed by atoms with Crippen molar-refractivity contribution in [2.24, 2.45) is 0 Å². The third-order valence-electron chi connectivity index (χ3n) is 1.52. The maximum Gasteiger partial charge on any atom is 1.00 e. The molecule has 0 aliphatic carbocycles. The van der Waals surface area contributed by atoms with E-state index in [0.717, 1.165) is 0 Å². The Labute approximate surface area is 102 Å². The van der Waals surface area contributed by atoms with Crippen LogP contribution in [-0.4, -0.2) is 11.6 Å². The van der Waals surface area contributed by atoms with E-state index in [1.54, 1.807) is 18.2 Å². The topological polar surface area (TPSA) is 49.4 Å². The van der Waals surface area contributed by atoms with Crippen molar-refractivity contribution in [1.29, 1.82) is 0 Å². The van der Waals surface area contributed by atoms with Gasteiger partial charge in [0.15, 0.2) is 0 Å². The number of benzene rings is 1. The molecule has 1 aromatic carbocycles. The van der Waals surface area contributed by atoms with Gasteiger partial charge in [0.2, 0.25) is 0 Å². The van der Waals surface area contributed by atoms with Gasteiger partial charge in [-0.25, -0.2) is 0 Å². The summed E-state index contributed by atoms with van der Waals surface area (Å²) in [6.45, 7) is 5.58. The summed E-state index contributed by atoms with van der Waals surface area (Å²) in [5, 5.41) is 10.7. The van der Waals surface area contributed by atoms with Crippen LogP contribution in [0.15, 0.2) is 24.3 Å². The summed E-state index contributed by atoms with van der Waals surface area (Å²) in [6.07, 6.45) is 0. The van der Waals surface area contributed by atoms with E-state index in [1.807, 2.05) is 20.8 Å². The van der Waals surface area contributed by atoms with Crippen molar-refractivity contribution in [3.8, 4) is 5.75 Å². The first-order chi connectivity index (χ1) is 6.40. The SMILES string of the molecule is CC(C)(C)Oc1ccccc1C(=O)[O-].[Li+]. The zero-order chi connectivity index (χ0) is 10.8. The van der Waals surface area contributed by atoms with Crippen molar-refractivity contribution in [3.05, 3.63) is 29.8 Å². The number of carbonyl (C=O) groups excluding carboxylic acids is 1. The summed E-state index contributed by atoms with van der Waals surface area (Å²) in [4.78, 5) is 10.7. The van der Waals surface area contributed by atoms with Crippen LogP contribution in [-0.2, 0) is 0 Å². The quantitative estimate of drug-likeness (QED) is 0.531. The summed E-state index contributed by atoms with van der Waals surface area (Å²) in [7, 11) is 0. The molecular weight excluding hydrogens is 187 g/mol. The molecular formula is C11H13LiO3. The molecule has 1 rings (SSSR count). The number of ether oxygens (including phenoxy) is 1. The van der Waals surface area contributed by atoms with Crippen LogP contribution < -0.4 is 28.7 Å². The second-order valence-corrected chi connectivity index (χ2v) is 4.00. The minimum absolute atomic E-state index is 0. The van der Waals surface area contributed by atoms with Gasteiger partial charge in [0, 0.05) is 5.56 Å². The van der Waals surface area contributed by atoms with E-state index in [0.29, 0.717) is 5.75 Å². The van der Waals surface area contributed by atoms with Crippen LogP contribution in [0.25, 0.3) is 0 Å². The van der Waals surface area contributed by atoms with Crippen LogP contribution in [0, 0.1) is 0 Å². The monoisotopic (exact) mass is 200 g/mol. The van der Waals surface area contributed by atoms with Crippen LogP contribution in [0.5, 0.6) is 5.75 Å². The molecule has 0 spiro atoms. The van der Waals surface area contributed by atoms with Crippen LogP contribution in [0.4, 0.5) is 0 Å². The summed E-state index contributed by atoms with van der Waals surface area (Å²) in [5.41, 5.74) is -0.326. The molecule has 0 bridgehead atoms. The van der Waals surface area contributed by atoms with E-state index in [4.69, 9.17) is 4.74 Å². The molecule has 0 saturated heterocycles. The molecule has 0 aliphatic rings. The minimum Gasteiger partial charge on any atom is -0.545 e. The fourth-order valence-corrected chi connectivity index (χ4v) is 1.05. The molecule has 0 heterocycles. The molecule has 0 aliphatic heterocycles. The first-order valence-electron chi connectivity index (χ1n) is 4.39. The van der Waals surface area contributed by atoms with Crippen molar-refractivity contribution >= 4 is 5.97 Å². The molecule has 0 amide bonds. The Kier molecular flexibility index (Phi) is 4.93. The second kappa shape index (κ2) is 5.25. The number of carboxylic acids is 1. The number of para-hydroxylation sites is 1. The molecule has 4 heteroatoms.